The van der Waals surface area contributed by atoms with Crippen molar-refractivity contribution in [2.75, 3.05) is 41.0 Å². The molecular weight excluding hydrogens is 370 g/mol. The Morgan fingerprint density at radius 1 is 0.966 bits per heavy atom. The molecule has 1 aliphatic rings. The zero-order valence-electron chi connectivity index (χ0n) is 17.3. The van der Waals surface area contributed by atoms with E-state index in [4.69, 9.17) is 18.9 Å². The molecule has 2 aromatic rings. The summed E-state index contributed by atoms with van der Waals surface area (Å²) in [5, 5.41) is 0. The number of carbonyl (C=O) groups is 1. The smallest absolute Gasteiger partial charge is 0.254 e. The van der Waals surface area contributed by atoms with Crippen molar-refractivity contribution < 1.29 is 23.7 Å². The molecule has 0 N–H and O–H groups in total. The van der Waals surface area contributed by atoms with Crippen molar-refractivity contribution in [3.8, 4) is 17.2 Å². The number of ether oxygens (including phenoxy) is 4. The molecule has 29 heavy (non-hydrogen) atoms. The van der Waals surface area contributed by atoms with Crippen molar-refractivity contribution in [3.05, 3.63) is 53.6 Å². The van der Waals surface area contributed by atoms with E-state index in [0.717, 1.165) is 32.5 Å². The summed E-state index contributed by atoms with van der Waals surface area (Å²) in [6.45, 7) is 2.79. The van der Waals surface area contributed by atoms with Gasteiger partial charge in [0.1, 0.15) is 0 Å². The minimum atomic E-state index is -0.0205. The van der Waals surface area contributed by atoms with Crippen LogP contribution in [-0.2, 0) is 11.3 Å². The average Bonchev–Trinajstić information content (AvgIpc) is 2.78. The van der Waals surface area contributed by atoms with E-state index in [1.165, 1.54) is 5.56 Å². The SMILES string of the molecule is COc1cc(C(=O)N2CCC(COCc3ccccc3)CC2)cc(OC)c1OC. The lowest BCUT2D eigenvalue weighted by Gasteiger charge is -2.32. The van der Waals surface area contributed by atoms with E-state index < -0.39 is 0 Å². The van der Waals surface area contributed by atoms with Crippen LogP contribution >= 0.6 is 0 Å². The molecule has 0 aromatic heterocycles. The Kier molecular flexibility index (Phi) is 7.36. The van der Waals surface area contributed by atoms with Crippen LogP contribution in [-0.4, -0.2) is 51.8 Å². The summed E-state index contributed by atoms with van der Waals surface area (Å²) >= 11 is 0. The molecule has 1 saturated heterocycles. The molecule has 0 saturated carbocycles. The summed E-state index contributed by atoms with van der Waals surface area (Å²) < 4.78 is 21.9. The minimum absolute atomic E-state index is 0.0205. The summed E-state index contributed by atoms with van der Waals surface area (Å²) in [7, 11) is 4.64. The van der Waals surface area contributed by atoms with Crippen LogP contribution in [0.4, 0.5) is 0 Å². The molecule has 156 valence electrons. The Hall–Kier alpha value is -2.73. The van der Waals surface area contributed by atoms with Crippen LogP contribution in [0, 0.1) is 5.92 Å². The minimum Gasteiger partial charge on any atom is -0.493 e. The molecule has 1 aliphatic heterocycles. The number of piperidine rings is 1. The Balaban J connectivity index is 1.54. The Labute approximate surface area is 172 Å². The van der Waals surface area contributed by atoms with Crippen molar-refractivity contribution in [2.24, 2.45) is 5.92 Å². The summed E-state index contributed by atoms with van der Waals surface area (Å²) in [6, 6.07) is 13.6. The molecule has 0 radical (unpaired) electrons. The molecule has 6 nitrogen and oxygen atoms in total. The lowest BCUT2D eigenvalue weighted by Crippen LogP contribution is -2.39. The van der Waals surface area contributed by atoms with Gasteiger partial charge in [0.25, 0.3) is 5.91 Å². The molecule has 6 heteroatoms. The van der Waals surface area contributed by atoms with E-state index >= 15 is 0 Å². The Morgan fingerprint density at radius 3 is 2.14 bits per heavy atom. The van der Waals surface area contributed by atoms with Crippen LogP contribution in [0.5, 0.6) is 17.2 Å². The van der Waals surface area contributed by atoms with E-state index in [1.807, 2.05) is 23.1 Å². The van der Waals surface area contributed by atoms with Crippen LogP contribution in [0.2, 0.25) is 0 Å². The van der Waals surface area contributed by atoms with Gasteiger partial charge in [-0.15, -0.1) is 0 Å². The predicted octanol–water partition coefficient (Wildman–Crippen LogP) is 3.78. The topological polar surface area (TPSA) is 57.2 Å². The first-order valence-electron chi connectivity index (χ1n) is 9.87. The van der Waals surface area contributed by atoms with Gasteiger partial charge in [0, 0.05) is 25.3 Å². The highest BCUT2D eigenvalue weighted by atomic mass is 16.5. The first-order valence-corrected chi connectivity index (χ1v) is 9.87. The molecule has 1 fully saturated rings. The van der Waals surface area contributed by atoms with Gasteiger partial charge in [-0.1, -0.05) is 30.3 Å². The van der Waals surface area contributed by atoms with Crippen LogP contribution in [0.25, 0.3) is 0 Å². The number of hydrogen-bond acceptors (Lipinski definition) is 5. The number of methoxy groups -OCH3 is 3. The normalized spacial score (nSPS) is 14.5. The van der Waals surface area contributed by atoms with Gasteiger partial charge in [-0.05, 0) is 36.5 Å². The lowest BCUT2D eigenvalue weighted by atomic mass is 9.97. The van der Waals surface area contributed by atoms with E-state index in [2.05, 4.69) is 12.1 Å². The molecular formula is C23H29NO5. The van der Waals surface area contributed by atoms with Crippen LogP contribution < -0.4 is 14.2 Å². The molecule has 0 aliphatic carbocycles. The molecule has 0 atom stereocenters. The molecule has 0 unspecified atom stereocenters. The fourth-order valence-corrected chi connectivity index (χ4v) is 3.61. The molecule has 2 aromatic carbocycles. The van der Waals surface area contributed by atoms with Crippen molar-refractivity contribution in [1.29, 1.82) is 0 Å². The van der Waals surface area contributed by atoms with Gasteiger partial charge < -0.3 is 23.8 Å². The zero-order chi connectivity index (χ0) is 20.6. The van der Waals surface area contributed by atoms with Crippen molar-refractivity contribution in [1.82, 2.24) is 4.90 Å². The van der Waals surface area contributed by atoms with Crippen LogP contribution in [0.15, 0.2) is 42.5 Å². The number of rotatable bonds is 8. The lowest BCUT2D eigenvalue weighted by molar-refractivity contribution is 0.0478. The number of hydrogen-bond donors (Lipinski definition) is 0. The van der Waals surface area contributed by atoms with Gasteiger partial charge in [-0.2, -0.15) is 0 Å². The predicted molar refractivity (Wildman–Crippen MR) is 111 cm³/mol. The van der Waals surface area contributed by atoms with Gasteiger partial charge in [-0.25, -0.2) is 0 Å². The monoisotopic (exact) mass is 399 g/mol. The highest BCUT2D eigenvalue weighted by molar-refractivity contribution is 5.95. The molecule has 1 amide bonds. The second kappa shape index (κ2) is 10.2. The first-order chi connectivity index (χ1) is 14.2. The summed E-state index contributed by atoms with van der Waals surface area (Å²) in [6.07, 6.45) is 1.87. The van der Waals surface area contributed by atoms with Gasteiger partial charge in [0.2, 0.25) is 5.75 Å². The highest BCUT2D eigenvalue weighted by Gasteiger charge is 2.25. The third kappa shape index (κ3) is 5.21. The Morgan fingerprint density at radius 2 is 1.59 bits per heavy atom. The maximum absolute atomic E-state index is 13.0. The van der Waals surface area contributed by atoms with Gasteiger partial charge in [0.05, 0.1) is 27.9 Å². The highest BCUT2D eigenvalue weighted by Crippen LogP contribution is 2.38. The molecule has 0 bridgehead atoms. The quantitative estimate of drug-likeness (QED) is 0.676. The fourth-order valence-electron chi connectivity index (χ4n) is 3.61. The third-order valence-electron chi connectivity index (χ3n) is 5.28. The second-order valence-corrected chi connectivity index (χ2v) is 7.15. The third-order valence-corrected chi connectivity index (χ3v) is 5.28. The van der Waals surface area contributed by atoms with Gasteiger partial charge in [0.15, 0.2) is 11.5 Å². The summed E-state index contributed by atoms with van der Waals surface area (Å²) in [4.78, 5) is 14.9. The molecule has 0 spiro atoms. The number of benzene rings is 2. The standard InChI is InChI=1S/C23H29NO5/c1-26-20-13-19(14-21(27-2)22(20)28-3)23(25)24-11-9-18(10-12-24)16-29-15-17-7-5-4-6-8-17/h4-8,13-14,18H,9-12,15-16H2,1-3H3. The fraction of sp³-hybridized carbons (Fsp3) is 0.435. The first kappa shape index (κ1) is 21.0. The van der Waals surface area contributed by atoms with Gasteiger partial charge >= 0.3 is 0 Å². The molecule has 3 rings (SSSR count). The maximum Gasteiger partial charge on any atom is 0.254 e. The Bertz CT molecular complexity index is 775. The second-order valence-electron chi connectivity index (χ2n) is 7.15. The molecule has 1 heterocycles. The zero-order valence-corrected chi connectivity index (χ0v) is 17.3. The number of carbonyl (C=O) groups excluding carboxylic acids is 1. The number of likely N-dealkylation sites (tertiary alicyclic amines) is 1. The number of amides is 1. The maximum atomic E-state index is 13.0. The summed E-state index contributed by atoms with van der Waals surface area (Å²) in [5.74, 6) is 1.91. The van der Waals surface area contributed by atoms with E-state index in [-0.39, 0.29) is 5.91 Å². The number of nitrogens with zero attached hydrogens (tertiary/aromatic N) is 1. The van der Waals surface area contributed by atoms with Crippen LogP contribution in [0.1, 0.15) is 28.8 Å². The van der Waals surface area contributed by atoms with Crippen LogP contribution in [0.3, 0.4) is 0 Å². The summed E-state index contributed by atoms with van der Waals surface area (Å²) in [5.41, 5.74) is 1.72. The largest absolute Gasteiger partial charge is 0.493 e. The van der Waals surface area contributed by atoms with Crippen molar-refractivity contribution in [3.63, 3.8) is 0 Å². The van der Waals surface area contributed by atoms with E-state index in [9.17, 15) is 4.79 Å². The van der Waals surface area contributed by atoms with E-state index in [0.29, 0.717) is 35.3 Å². The van der Waals surface area contributed by atoms with E-state index in [1.54, 1.807) is 33.5 Å². The average molecular weight is 399 g/mol. The van der Waals surface area contributed by atoms with Gasteiger partial charge in [-0.3, -0.25) is 4.79 Å². The van der Waals surface area contributed by atoms with Crippen molar-refractivity contribution in [2.45, 2.75) is 19.4 Å². The van der Waals surface area contributed by atoms with Crippen molar-refractivity contribution >= 4 is 5.91 Å².